The molecule has 1 aliphatic rings. The Morgan fingerprint density at radius 2 is 2.43 bits per heavy atom. The first kappa shape index (κ1) is 10.2. The molecule has 1 nitrogen and oxygen atoms in total. The molecule has 1 saturated carbocycles. The topological polar surface area (TPSA) is 12.0 Å². The maximum absolute atomic E-state index is 3.68. The van der Waals surface area contributed by atoms with Crippen LogP contribution >= 0.6 is 11.3 Å². The van der Waals surface area contributed by atoms with Gasteiger partial charge in [0.05, 0.1) is 0 Å². The molecule has 78 valence electrons. The van der Waals surface area contributed by atoms with Crippen molar-refractivity contribution in [1.29, 1.82) is 0 Å². The molecule has 1 unspecified atom stereocenters. The van der Waals surface area contributed by atoms with E-state index in [-0.39, 0.29) is 0 Å². The van der Waals surface area contributed by atoms with Crippen molar-refractivity contribution in [2.75, 3.05) is 6.54 Å². The smallest absolute Gasteiger partial charge is 0.0412 e. The molecule has 0 spiro atoms. The molecule has 1 aromatic heterocycles. The van der Waals surface area contributed by atoms with Gasteiger partial charge in [-0.1, -0.05) is 19.4 Å². The monoisotopic (exact) mass is 209 g/mol. The van der Waals surface area contributed by atoms with Crippen molar-refractivity contribution in [3.05, 3.63) is 22.4 Å². The standard InChI is InChI=1S/C12H19NS/c1-2-11(12-7-4-8-14-12)13-9-10-5-3-6-10/h4,7-8,10-11,13H,2-3,5-6,9H2,1H3. The number of nitrogens with one attached hydrogen (secondary N) is 1. The highest BCUT2D eigenvalue weighted by molar-refractivity contribution is 7.10. The number of hydrogen-bond donors (Lipinski definition) is 1. The minimum atomic E-state index is 0.593. The first-order valence-electron chi connectivity index (χ1n) is 5.67. The molecule has 1 fully saturated rings. The van der Waals surface area contributed by atoms with Gasteiger partial charge in [-0.05, 0) is 43.2 Å². The van der Waals surface area contributed by atoms with Crippen LogP contribution in [0.4, 0.5) is 0 Å². The Morgan fingerprint density at radius 1 is 1.57 bits per heavy atom. The number of thiophene rings is 1. The van der Waals surface area contributed by atoms with Crippen LogP contribution in [0.1, 0.15) is 43.5 Å². The summed E-state index contributed by atoms with van der Waals surface area (Å²) in [5, 5.41) is 5.85. The van der Waals surface area contributed by atoms with Crippen molar-refractivity contribution in [3.8, 4) is 0 Å². The molecule has 0 saturated heterocycles. The summed E-state index contributed by atoms with van der Waals surface area (Å²) in [6.45, 7) is 3.48. The lowest BCUT2D eigenvalue weighted by Crippen LogP contribution is -2.29. The van der Waals surface area contributed by atoms with E-state index in [9.17, 15) is 0 Å². The number of hydrogen-bond acceptors (Lipinski definition) is 2. The first-order chi connectivity index (χ1) is 6.90. The van der Waals surface area contributed by atoms with Crippen molar-refractivity contribution in [2.45, 2.75) is 38.6 Å². The Morgan fingerprint density at radius 3 is 2.93 bits per heavy atom. The fourth-order valence-corrected chi connectivity index (χ4v) is 2.83. The van der Waals surface area contributed by atoms with E-state index >= 15 is 0 Å². The van der Waals surface area contributed by atoms with Gasteiger partial charge >= 0.3 is 0 Å². The predicted molar refractivity (Wildman–Crippen MR) is 62.7 cm³/mol. The Hall–Kier alpha value is -0.340. The zero-order valence-electron chi connectivity index (χ0n) is 8.83. The molecule has 0 bridgehead atoms. The van der Waals surface area contributed by atoms with Crippen LogP contribution in [0.15, 0.2) is 17.5 Å². The average Bonchev–Trinajstić information content (AvgIpc) is 2.62. The lowest BCUT2D eigenvalue weighted by Gasteiger charge is -2.27. The van der Waals surface area contributed by atoms with Crippen LogP contribution in [-0.4, -0.2) is 6.54 Å². The van der Waals surface area contributed by atoms with E-state index in [2.05, 4.69) is 29.8 Å². The van der Waals surface area contributed by atoms with E-state index in [0.29, 0.717) is 6.04 Å². The van der Waals surface area contributed by atoms with Crippen molar-refractivity contribution < 1.29 is 0 Å². The highest BCUT2D eigenvalue weighted by Crippen LogP contribution is 2.27. The third-order valence-electron chi connectivity index (χ3n) is 3.17. The second-order valence-electron chi connectivity index (χ2n) is 4.18. The zero-order chi connectivity index (χ0) is 9.80. The molecule has 14 heavy (non-hydrogen) atoms. The van der Waals surface area contributed by atoms with Crippen LogP contribution < -0.4 is 5.32 Å². The van der Waals surface area contributed by atoms with E-state index in [1.807, 2.05) is 11.3 Å². The summed E-state index contributed by atoms with van der Waals surface area (Å²) in [6.07, 6.45) is 5.52. The quantitative estimate of drug-likeness (QED) is 0.781. The molecular weight excluding hydrogens is 190 g/mol. The second kappa shape index (κ2) is 4.94. The number of rotatable bonds is 5. The Balaban J connectivity index is 1.80. The van der Waals surface area contributed by atoms with Gasteiger partial charge in [0.1, 0.15) is 0 Å². The average molecular weight is 209 g/mol. The Kier molecular flexibility index (Phi) is 3.60. The van der Waals surface area contributed by atoms with Gasteiger partial charge < -0.3 is 5.32 Å². The molecule has 2 heteroatoms. The molecule has 1 atom stereocenters. The van der Waals surface area contributed by atoms with E-state index in [1.54, 1.807) is 0 Å². The van der Waals surface area contributed by atoms with Crippen LogP contribution in [0.25, 0.3) is 0 Å². The summed E-state index contributed by atoms with van der Waals surface area (Å²) in [6, 6.07) is 4.98. The third-order valence-corrected chi connectivity index (χ3v) is 4.16. The molecule has 2 rings (SSSR count). The zero-order valence-corrected chi connectivity index (χ0v) is 9.65. The van der Waals surface area contributed by atoms with Crippen LogP contribution in [0.2, 0.25) is 0 Å². The molecule has 0 aromatic carbocycles. The summed E-state index contributed by atoms with van der Waals surface area (Å²) in [5.74, 6) is 0.962. The highest BCUT2D eigenvalue weighted by atomic mass is 32.1. The van der Waals surface area contributed by atoms with Gasteiger partial charge in [0.15, 0.2) is 0 Å². The highest BCUT2D eigenvalue weighted by Gasteiger charge is 2.18. The third kappa shape index (κ3) is 2.37. The van der Waals surface area contributed by atoms with Crippen LogP contribution in [0, 0.1) is 5.92 Å². The molecule has 1 aliphatic carbocycles. The van der Waals surface area contributed by atoms with Gasteiger partial charge in [0, 0.05) is 10.9 Å². The maximum Gasteiger partial charge on any atom is 0.0412 e. The SMILES string of the molecule is CCC(NCC1CCC1)c1cccs1. The first-order valence-corrected chi connectivity index (χ1v) is 6.55. The van der Waals surface area contributed by atoms with Crippen molar-refractivity contribution in [2.24, 2.45) is 5.92 Å². The fraction of sp³-hybridized carbons (Fsp3) is 0.667. The molecule has 0 radical (unpaired) electrons. The fourth-order valence-electron chi connectivity index (χ4n) is 1.94. The lowest BCUT2D eigenvalue weighted by atomic mass is 9.85. The summed E-state index contributed by atoms with van der Waals surface area (Å²) in [4.78, 5) is 1.49. The van der Waals surface area contributed by atoms with Crippen LogP contribution in [0.5, 0.6) is 0 Å². The minimum absolute atomic E-state index is 0.593. The van der Waals surface area contributed by atoms with Gasteiger partial charge in [-0.3, -0.25) is 0 Å². The maximum atomic E-state index is 3.68. The van der Waals surface area contributed by atoms with Crippen molar-refractivity contribution in [3.63, 3.8) is 0 Å². The molecule has 1 heterocycles. The lowest BCUT2D eigenvalue weighted by molar-refractivity contribution is 0.288. The van der Waals surface area contributed by atoms with E-state index in [1.165, 1.54) is 37.1 Å². The molecule has 1 N–H and O–H groups in total. The molecule has 0 aliphatic heterocycles. The summed E-state index contributed by atoms with van der Waals surface area (Å²) < 4.78 is 0. The minimum Gasteiger partial charge on any atom is -0.309 e. The molecule has 0 amide bonds. The predicted octanol–water partition coefficient (Wildman–Crippen LogP) is 3.59. The van der Waals surface area contributed by atoms with E-state index < -0.39 is 0 Å². The van der Waals surface area contributed by atoms with Crippen molar-refractivity contribution >= 4 is 11.3 Å². The van der Waals surface area contributed by atoms with Crippen LogP contribution in [0.3, 0.4) is 0 Å². The molecule has 1 aromatic rings. The van der Waals surface area contributed by atoms with E-state index in [4.69, 9.17) is 0 Å². The van der Waals surface area contributed by atoms with E-state index in [0.717, 1.165) is 5.92 Å². The van der Waals surface area contributed by atoms with Gasteiger partial charge in [-0.15, -0.1) is 11.3 Å². The van der Waals surface area contributed by atoms with Gasteiger partial charge in [0.2, 0.25) is 0 Å². The summed E-state index contributed by atoms with van der Waals surface area (Å²) in [5.41, 5.74) is 0. The Bertz CT molecular complexity index is 251. The van der Waals surface area contributed by atoms with Crippen molar-refractivity contribution in [1.82, 2.24) is 5.32 Å². The normalized spacial score (nSPS) is 19.2. The summed E-state index contributed by atoms with van der Waals surface area (Å²) >= 11 is 1.87. The second-order valence-corrected chi connectivity index (χ2v) is 5.16. The van der Waals surface area contributed by atoms with Gasteiger partial charge in [0.25, 0.3) is 0 Å². The van der Waals surface area contributed by atoms with Gasteiger partial charge in [-0.2, -0.15) is 0 Å². The largest absolute Gasteiger partial charge is 0.309 e. The summed E-state index contributed by atoms with van der Waals surface area (Å²) in [7, 11) is 0. The van der Waals surface area contributed by atoms with Crippen LogP contribution in [-0.2, 0) is 0 Å². The Labute approximate surface area is 90.5 Å². The molecular formula is C12H19NS. The van der Waals surface area contributed by atoms with Gasteiger partial charge in [-0.25, -0.2) is 0 Å².